The minimum absolute atomic E-state index is 0.166. The first-order chi connectivity index (χ1) is 14.7. The number of sulfonamides is 1. The predicted octanol–water partition coefficient (Wildman–Crippen LogP) is 5.15. The van der Waals surface area contributed by atoms with Crippen LogP contribution in [0.15, 0.2) is 42.5 Å². The Bertz CT molecular complexity index is 1000. The van der Waals surface area contributed by atoms with Crippen LogP contribution in [0, 0.1) is 6.92 Å². The molecule has 3 rings (SSSR count). The summed E-state index contributed by atoms with van der Waals surface area (Å²) in [6, 6.07) is 12.5. The number of halogens is 1. The van der Waals surface area contributed by atoms with Gasteiger partial charge in [0.15, 0.2) is 0 Å². The van der Waals surface area contributed by atoms with Gasteiger partial charge in [0.05, 0.1) is 18.0 Å². The first kappa shape index (κ1) is 23.4. The minimum atomic E-state index is -3.50. The van der Waals surface area contributed by atoms with E-state index in [0.29, 0.717) is 34.5 Å². The normalized spacial score (nSPS) is 14.4. The smallest absolute Gasteiger partial charge is 0.232 e. The molecule has 0 atom stereocenters. The molecule has 1 N–H and O–H groups in total. The highest BCUT2D eigenvalue weighted by molar-refractivity contribution is 7.92. The van der Waals surface area contributed by atoms with Crippen molar-refractivity contribution in [1.82, 2.24) is 0 Å². The molecule has 1 amide bonds. The molecule has 0 radical (unpaired) electrons. The molecule has 0 spiro atoms. The SMILES string of the molecule is Cc1c(Cl)cccc1N(CCCC(=O)Nc1ccc(OC2CCCC2)cc1)S(C)(=O)=O. The van der Waals surface area contributed by atoms with E-state index in [9.17, 15) is 13.2 Å². The monoisotopic (exact) mass is 464 g/mol. The van der Waals surface area contributed by atoms with Crippen molar-refractivity contribution in [2.45, 2.75) is 51.6 Å². The molecule has 0 bridgehead atoms. The molecule has 0 heterocycles. The Morgan fingerprint density at radius 1 is 1.16 bits per heavy atom. The number of carbonyl (C=O) groups is 1. The van der Waals surface area contributed by atoms with Crippen molar-refractivity contribution in [3.05, 3.63) is 53.1 Å². The molecular formula is C23H29ClN2O4S. The van der Waals surface area contributed by atoms with Gasteiger partial charge in [-0.25, -0.2) is 8.42 Å². The molecule has 2 aromatic carbocycles. The van der Waals surface area contributed by atoms with Crippen LogP contribution >= 0.6 is 11.6 Å². The number of ether oxygens (including phenoxy) is 1. The second-order valence-electron chi connectivity index (χ2n) is 7.92. The first-order valence-electron chi connectivity index (χ1n) is 10.5. The van der Waals surface area contributed by atoms with Gasteiger partial charge in [0.25, 0.3) is 0 Å². The number of hydrogen-bond donors (Lipinski definition) is 1. The summed E-state index contributed by atoms with van der Waals surface area (Å²) in [5.41, 5.74) is 1.92. The highest BCUT2D eigenvalue weighted by Crippen LogP contribution is 2.28. The van der Waals surface area contributed by atoms with E-state index in [-0.39, 0.29) is 18.9 Å². The van der Waals surface area contributed by atoms with Crippen LogP contribution in [0.2, 0.25) is 5.02 Å². The van der Waals surface area contributed by atoms with E-state index >= 15 is 0 Å². The van der Waals surface area contributed by atoms with E-state index in [1.54, 1.807) is 25.1 Å². The summed E-state index contributed by atoms with van der Waals surface area (Å²) < 4.78 is 31.8. The summed E-state index contributed by atoms with van der Waals surface area (Å²) >= 11 is 6.15. The van der Waals surface area contributed by atoms with Crippen LogP contribution < -0.4 is 14.4 Å². The molecular weight excluding hydrogens is 436 g/mol. The number of anilines is 2. The number of hydrogen-bond acceptors (Lipinski definition) is 4. The summed E-state index contributed by atoms with van der Waals surface area (Å²) in [6.07, 6.45) is 6.65. The number of nitrogens with one attached hydrogen (secondary N) is 1. The lowest BCUT2D eigenvalue weighted by atomic mass is 10.2. The standard InChI is InChI=1S/C23H29ClN2O4S/c1-17-21(24)9-5-10-22(17)26(31(2,28)29)16-6-11-23(27)25-18-12-14-20(15-13-18)30-19-7-3-4-8-19/h5,9-10,12-15,19H,3-4,6-8,11,16H2,1-2H3,(H,25,27). The maximum atomic E-state index is 12.3. The summed E-state index contributed by atoms with van der Waals surface area (Å²) in [7, 11) is -3.50. The van der Waals surface area contributed by atoms with Gasteiger partial charge in [-0.2, -0.15) is 0 Å². The van der Waals surface area contributed by atoms with E-state index in [1.165, 1.54) is 17.1 Å². The molecule has 1 fully saturated rings. The van der Waals surface area contributed by atoms with Crippen molar-refractivity contribution >= 4 is 38.9 Å². The second-order valence-corrected chi connectivity index (χ2v) is 10.2. The Labute approximate surface area is 189 Å². The molecule has 0 aliphatic heterocycles. The Kier molecular flexibility index (Phi) is 7.84. The molecule has 1 aliphatic carbocycles. The lowest BCUT2D eigenvalue weighted by Crippen LogP contribution is -2.32. The van der Waals surface area contributed by atoms with Crippen LogP contribution in [-0.2, 0) is 14.8 Å². The van der Waals surface area contributed by atoms with E-state index in [1.807, 2.05) is 24.3 Å². The first-order valence-corrected chi connectivity index (χ1v) is 12.8. The van der Waals surface area contributed by atoms with Gasteiger partial charge < -0.3 is 10.1 Å². The van der Waals surface area contributed by atoms with Crippen molar-refractivity contribution in [2.75, 3.05) is 22.4 Å². The minimum Gasteiger partial charge on any atom is -0.490 e. The summed E-state index contributed by atoms with van der Waals surface area (Å²) in [5.74, 6) is 0.645. The van der Waals surface area contributed by atoms with Crippen molar-refractivity contribution in [1.29, 1.82) is 0 Å². The Hall–Kier alpha value is -2.25. The molecule has 0 unspecified atom stereocenters. The molecule has 31 heavy (non-hydrogen) atoms. The third-order valence-corrected chi connectivity index (χ3v) is 7.01. The van der Waals surface area contributed by atoms with Gasteiger partial charge in [-0.05, 0) is 81.0 Å². The maximum absolute atomic E-state index is 12.3. The lowest BCUT2D eigenvalue weighted by Gasteiger charge is -2.24. The third-order valence-electron chi connectivity index (χ3n) is 5.42. The zero-order chi connectivity index (χ0) is 22.4. The van der Waals surface area contributed by atoms with E-state index in [4.69, 9.17) is 16.3 Å². The molecule has 0 aromatic heterocycles. The fourth-order valence-corrected chi connectivity index (χ4v) is 4.94. The highest BCUT2D eigenvalue weighted by atomic mass is 35.5. The van der Waals surface area contributed by atoms with Crippen molar-refractivity contribution < 1.29 is 17.9 Å². The zero-order valence-electron chi connectivity index (χ0n) is 17.9. The number of amides is 1. The fourth-order valence-electron chi connectivity index (χ4n) is 3.75. The topological polar surface area (TPSA) is 75.7 Å². The van der Waals surface area contributed by atoms with Gasteiger partial charge in [-0.1, -0.05) is 17.7 Å². The molecule has 1 saturated carbocycles. The zero-order valence-corrected chi connectivity index (χ0v) is 19.5. The van der Waals surface area contributed by atoms with Crippen LogP contribution in [-0.4, -0.2) is 33.2 Å². The van der Waals surface area contributed by atoms with Gasteiger partial charge in [0.2, 0.25) is 15.9 Å². The largest absolute Gasteiger partial charge is 0.490 e. The molecule has 1 aliphatic rings. The van der Waals surface area contributed by atoms with Crippen LogP contribution in [0.4, 0.5) is 11.4 Å². The predicted molar refractivity (Wildman–Crippen MR) is 126 cm³/mol. The molecule has 6 nitrogen and oxygen atoms in total. The van der Waals surface area contributed by atoms with Gasteiger partial charge in [-0.3, -0.25) is 9.10 Å². The lowest BCUT2D eigenvalue weighted by molar-refractivity contribution is -0.116. The summed E-state index contributed by atoms with van der Waals surface area (Å²) in [4.78, 5) is 12.3. The van der Waals surface area contributed by atoms with Gasteiger partial charge in [0, 0.05) is 23.7 Å². The molecule has 168 valence electrons. The number of nitrogens with zero attached hydrogens (tertiary/aromatic N) is 1. The van der Waals surface area contributed by atoms with Crippen LogP contribution in [0.5, 0.6) is 5.75 Å². The van der Waals surface area contributed by atoms with Crippen LogP contribution in [0.1, 0.15) is 44.1 Å². The third kappa shape index (κ3) is 6.61. The van der Waals surface area contributed by atoms with Crippen molar-refractivity contribution in [3.63, 3.8) is 0 Å². The molecule has 0 saturated heterocycles. The van der Waals surface area contributed by atoms with E-state index in [0.717, 1.165) is 24.8 Å². The van der Waals surface area contributed by atoms with E-state index in [2.05, 4.69) is 5.32 Å². The molecule has 8 heteroatoms. The van der Waals surface area contributed by atoms with Gasteiger partial charge >= 0.3 is 0 Å². The number of rotatable bonds is 9. The van der Waals surface area contributed by atoms with Gasteiger partial charge in [-0.15, -0.1) is 0 Å². The van der Waals surface area contributed by atoms with E-state index < -0.39 is 10.0 Å². The second kappa shape index (κ2) is 10.4. The average Bonchev–Trinajstić information content (AvgIpc) is 3.21. The van der Waals surface area contributed by atoms with Crippen molar-refractivity contribution in [2.24, 2.45) is 0 Å². The summed E-state index contributed by atoms with van der Waals surface area (Å²) in [5, 5.41) is 3.36. The fraction of sp³-hybridized carbons (Fsp3) is 0.435. The van der Waals surface area contributed by atoms with Crippen LogP contribution in [0.3, 0.4) is 0 Å². The van der Waals surface area contributed by atoms with Gasteiger partial charge in [0.1, 0.15) is 5.75 Å². The summed E-state index contributed by atoms with van der Waals surface area (Å²) in [6.45, 7) is 1.98. The maximum Gasteiger partial charge on any atom is 0.232 e. The number of benzene rings is 2. The Morgan fingerprint density at radius 2 is 1.84 bits per heavy atom. The Balaban J connectivity index is 1.52. The number of carbonyl (C=O) groups excluding carboxylic acids is 1. The van der Waals surface area contributed by atoms with Crippen molar-refractivity contribution in [3.8, 4) is 5.75 Å². The average molecular weight is 465 g/mol. The molecule has 2 aromatic rings. The Morgan fingerprint density at radius 3 is 2.48 bits per heavy atom. The quantitative estimate of drug-likeness (QED) is 0.556. The highest BCUT2D eigenvalue weighted by Gasteiger charge is 2.20. The van der Waals surface area contributed by atoms with Crippen LogP contribution in [0.25, 0.3) is 0 Å².